The molecule has 0 heterocycles. The first-order chi connectivity index (χ1) is 9.69. The van der Waals surface area contributed by atoms with E-state index in [9.17, 15) is 0 Å². The third-order valence-electron chi connectivity index (χ3n) is 2.88. The molecule has 0 spiro atoms. The van der Waals surface area contributed by atoms with Crippen molar-refractivity contribution in [3.63, 3.8) is 0 Å². The summed E-state index contributed by atoms with van der Waals surface area (Å²) in [7, 11) is 0. The van der Waals surface area contributed by atoms with Crippen LogP contribution in [0.25, 0.3) is 0 Å². The van der Waals surface area contributed by atoms with E-state index in [-0.39, 0.29) is 0 Å². The predicted molar refractivity (Wildman–Crippen MR) is 81.5 cm³/mol. The summed E-state index contributed by atoms with van der Waals surface area (Å²) in [5.74, 6) is 1.61. The fourth-order valence-electron chi connectivity index (χ4n) is 1.79. The molecule has 0 aliphatic rings. The Morgan fingerprint density at radius 1 is 1.00 bits per heavy atom. The molecule has 20 heavy (non-hydrogen) atoms. The molecular formula is C16H18ClNO2. The van der Waals surface area contributed by atoms with Crippen molar-refractivity contribution >= 4 is 11.6 Å². The van der Waals surface area contributed by atoms with Gasteiger partial charge in [0.2, 0.25) is 0 Å². The van der Waals surface area contributed by atoms with Crippen LogP contribution in [-0.4, -0.2) is 13.2 Å². The summed E-state index contributed by atoms with van der Waals surface area (Å²) in [5, 5.41) is 0.743. The highest BCUT2D eigenvalue weighted by molar-refractivity contribution is 6.31. The maximum Gasteiger partial charge on any atom is 0.122 e. The second-order valence-electron chi connectivity index (χ2n) is 4.46. The molecule has 106 valence electrons. The number of nitrogens with two attached hydrogens (primary N) is 1. The van der Waals surface area contributed by atoms with Crippen LogP contribution in [0.3, 0.4) is 0 Å². The van der Waals surface area contributed by atoms with Crippen molar-refractivity contribution < 1.29 is 9.47 Å². The Bertz CT molecular complexity index is 572. The van der Waals surface area contributed by atoms with Gasteiger partial charge in [-0.3, -0.25) is 0 Å². The molecule has 0 fully saturated rings. The quantitative estimate of drug-likeness (QED) is 0.828. The van der Waals surface area contributed by atoms with Crippen LogP contribution in [0.15, 0.2) is 42.5 Å². The molecule has 2 aromatic rings. The zero-order valence-electron chi connectivity index (χ0n) is 11.4. The molecule has 0 amide bonds. The molecule has 2 N–H and O–H groups in total. The van der Waals surface area contributed by atoms with Crippen molar-refractivity contribution in [3.05, 3.63) is 58.6 Å². The van der Waals surface area contributed by atoms with Crippen molar-refractivity contribution in [1.82, 2.24) is 0 Å². The average Bonchev–Trinajstić information content (AvgIpc) is 2.47. The number of benzene rings is 2. The molecule has 0 unspecified atom stereocenters. The predicted octanol–water partition coefficient (Wildman–Crippen LogP) is 3.56. The first-order valence-electron chi connectivity index (χ1n) is 6.50. The third-order valence-corrected chi connectivity index (χ3v) is 3.31. The van der Waals surface area contributed by atoms with E-state index >= 15 is 0 Å². The monoisotopic (exact) mass is 291 g/mol. The Kier molecular flexibility index (Phi) is 5.27. The zero-order valence-corrected chi connectivity index (χ0v) is 12.2. The number of halogens is 1. The summed E-state index contributed by atoms with van der Waals surface area (Å²) < 4.78 is 11.2. The molecule has 3 nitrogen and oxygen atoms in total. The summed E-state index contributed by atoms with van der Waals surface area (Å²) in [6.45, 7) is 3.42. The van der Waals surface area contributed by atoms with E-state index in [0.29, 0.717) is 19.8 Å². The minimum absolute atomic E-state index is 0.480. The first-order valence-corrected chi connectivity index (χ1v) is 6.87. The van der Waals surface area contributed by atoms with E-state index in [1.165, 1.54) is 0 Å². The molecule has 0 aliphatic heterocycles. The lowest BCUT2D eigenvalue weighted by Gasteiger charge is -2.10. The van der Waals surface area contributed by atoms with Gasteiger partial charge in [-0.1, -0.05) is 23.7 Å². The topological polar surface area (TPSA) is 44.5 Å². The van der Waals surface area contributed by atoms with Gasteiger partial charge in [0, 0.05) is 11.6 Å². The maximum absolute atomic E-state index is 5.96. The van der Waals surface area contributed by atoms with Crippen LogP contribution in [0.4, 0.5) is 0 Å². The Morgan fingerprint density at radius 3 is 2.35 bits per heavy atom. The number of hydrogen-bond acceptors (Lipinski definition) is 3. The summed E-state index contributed by atoms with van der Waals surface area (Å²) in [6, 6.07) is 13.3. The fraction of sp³-hybridized carbons (Fsp3) is 0.250. The second kappa shape index (κ2) is 7.17. The number of hydrogen-bond donors (Lipinski definition) is 1. The van der Waals surface area contributed by atoms with Gasteiger partial charge in [-0.25, -0.2) is 0 Å². The van der Waals surface area contributed by atoms with Crippen LogP contribution >= 0.6 is 11.6 Å². The van der Waals surface area contributed by atoms with Gasteiger partial charge < -0.3 is 15.2 Å². The first kappa shape index (κ1) is 14.7. The highest BCUT2D eigenvalue weighted by atomic mass is 35.5. The number of rotatable bonds is 6. The Hall–Kier alpha value is -1.71. The van der Waals surface area contributed by atoms with E-state index < -0.39 is 0 Å². The lowest BCUT2D eigenvalue weighted by Crippen LogP contribution is -2.09. The molecule has 2 aromatic carbocycles. The highest BCUT2D eigenvalue weighted by Crippen LogP contribution is 2.21. The molecule has 0 aliphatic carbocycles. The molecule has 0 saturated heterocycles. The minimum Gasteiger partial charge on any atom is -0.490 e. The van der Waals surface area contributed by atoms with E-state index in [0.717, 1.165) is 27.6 Å². The largest absolute Gasteiger partial charge is 0.490 e. The van der Waals surface area contributed by atoms with Crippen molar-refractivity contribution in [2.24, 2.45) is 5.73 Å². The SMILES string of the molecule is Cc1cc(OCCOc2cccc(CN)c2)ccc1Cl. The van der Waals surface area contributed by atoms with Gasteiger partial charge in [0.15, 0.2) is 0 Å². The zero-order chi connectivity index (χ0) is 14.4. The van der Waals surface area contributed by atoms with E-state index in [4.69, 9.17) is 26.8 Å². The minimum atomic E-state index is 0.480. The van der Waals surface area contributed by atoms with Crippen molar-refractivity contribution in [1.29, 1.82) is 0 Å². The average molecular weight is 292 g/mol. The van der Waals surface area contributed by atoms with E-state index in [1.807, 2.05) is 49.4 Å². The van der Waals surface area contributed by atoms with Crippen molar-refractivity contribution in [2.45, 2.75) is 13.5 Å². The Labute approximate surface area is 124 Å². The van der Waals surface area contributed by atoms with Gasteiger partial charge in [-0.15, -0.1) is 0 Å². The fourth-order valence-corrected chi connectivity index (χ4v) is 1.91. The maximum atomic E-state index is 5.96. The smallest absolute Gasteiger partial charge is 0.122 e. The lowest BCUT2D eigenvalue weighted by molar-refractivity contribution is 0.217. The molecule has 0 saturated carbocycles. The summed E-state index contributed by atoms with van der Waals surface area (Å²) in [5.41, 5.74) is 7.64. The van der Waals surface area contributed by atoms with Gasteiger partial charge >= 0.3 is 0 Å². The molecule has 2 rings (SSSR count). The standard InChI is InChI=1S/C16H18ClNO2/c1-12-9-15(5-6-16(12)17)20-8-7-19-14-4-2-3-13(10-14)11-18/h2-6,9-10H,7-8,11,18H2,1H3. The molecule has 0 bridgehead atoms. The second-order valence-corrected chi connectivity index (χ2v) is 4.87. The van der Waals surface area contributed by atoms with E-state index in [2.05, 4.69) is 0 Å². The normalized spacial score (nSPS) is 10.3. The molecular weight excluding hydrogens is 274 g/mol. The van der Waals surface area contributed by atoms with Crippen LogP contribution in [0.2, 0.25) is 5.02 Å². The lowest BCUT2D eigenvalue weighted by atomic mass is 10.2. The van der Waals surface area contributed by atoms with Gasteiger partial charge in [0.1, 0.15) is 24.7 Å². The van der Waals surface area contributed by atoms with Gasteiger partial charge in [-0.05, 0) is 48.4 Å². The molecule has 0 aromatic heterocycles. The van der Waals surface area contributed by atoms with Gasteiger partial charge in [-0.2, -0.15) is 0 Å². The summed E-state index contributed by atoms with van der Waals surface area (Å²) >= 11 is 5.96. The molecule has 4 heteroatoms. The van der Waals surface area contributed by atoms with Crippen LogP contribution in [0.5, 0.6) is 11.5 Å². The Morgan fingerprint density at radius 2 is 1.70 bits per heavy atom. The summed E-state index contributed by atoms with van der Waals surface area (Å²) in [6.07, 6.45) is 0. The number of aryl methyl sites for hydroxylation is 1. The molecule has 0 atom stereocenters. The third kappa shape index (κ3) is 4.15. The van der Waals surface area contributed by atoms with Crippen LogP contribution < -0.4 is 15.2 Å². The summed E-state index contributed by atoms with van der Waals surface area (Å²) in [4.78, 5) is 0. The van der Waals surface area contributed by atoms with Crippen LogP contribution in [0.1, 0.15) is 11.1 Å². The van der Waals surface area contributed by atoms with E-state index in [1.54, 1.807) is 0 Å². The van der Waals surface area contributed by atoms with Gasteiger partial charge in [0.05, 0.1) is 0 Å². The van der Waals surface area contributed by atoms with Gasteiger partial charge in [0.25, 0.3) is 0 Å². The van der Waals surface area contributed by atoms with Crippen LogP contribution in [-0.2, 0) is 6.54 Å². The Balaban J connectivity index is 1.79. The van der Waals surface area contributed by atoms with Crippen LogP contribution in [0, 0.1) is 6.92 Å². The number of ether oxygens (including phenoxy) is 2. The van der Waals surface area contributed by atoms with Crippen molar-refractivity contribution in [2.75, 3.05) is 13.2 Å². The van der Waals surface area contributed by atoms with Crippen molar-refractivity contribution in [3.8, 4) is 11.5 Å². The molecule has 0 radical (unpaired) electrons. The highest BCUT2D eigenvalue weighted by Gasteiger charge is 1.99.